The first-order valence-electron chi connectivity index (χ1n) is 8.72. The lowest BCUT2D eigenvalue weighted by atomic mass is 9.96. The van der Waals surface area contributed by atoms with E-state index < -0.39 is 5.97 Å². The van der Waals surface area contributed by atoms with E-state index in [1.165, 1.54) is 12.1 Å². The number of anilines is 1. The number of amides is 3. The van der Waals surface area contributed by atoms with Crippen molar-refractivity contribution in [2.75, 3.05) is 31.5 Å². The lowest BCUT2D eigenvalue weighted by molar-refractivity contribution is -0.121. The van der Waals surface area contributed by atoms with Crippen LogP contribution in [0, 0.1) is 5.92 Å². The molecule has 0 unspecified atom stereocenters. The van der Waals surface area contributed by atoms with Crippen LogP contribution in [0.1, 0.15) is 36.0 Å². The Morgan fingerprint density at radius 2 is 1.64 bits per heavy atom. The molecule has 3 amide bonds. The number of hydrogen-bond donors (Lipinski definition) is 2. The van der Waals surface area contributed by atoms with Crippen LogP contribution in [0.5, 0.6) is 0 Å². The summed E-state index contributed by atoms with van der Waals surface area (Å²) in [6, 6.07) is 6.31. The van der Waals surface area contributed by atoms with Crippen LogP contribution in [-0.4, -0.2) is 59.0 Å². The van der Waals surface area contributed by atoms with Gasteiger partial charge in [-0.15, -0.1) is 0 Å². The topological polar surface area (TPSA) is 90.0 Å². The molecule has 2 N–H and O–H groups in total. The minimum atomic E-state index is -1.02. The molecule has 0 spiro atoms. The summed E-state index contributed by atoms with van der Waals surface area (Å²) in [5.74, 6) is -1.29. The van der Waals surface area contributed by atoms with Crippen molar-refractivity contribution < 1.29 is 19.5 Å². The summed E-state index contributed by atoms with van der Waals surface area (Å²) >= 11 is 0. The van der Waals surface area contributed by atoms with Gasteiger partial charge < -0.3 is 20.2 Å². The molecule has 3 rings (SSSR count). The number of hydrogen-bond acceptors (Lipinski definition) is 3. The maximum absolute atomic E-state index is 12.4. The molecule has 0 radical (unpaired) electrons. The Balaban J connectivity index is 1.52. The van der Waals surface area contributed by atoms with E-state index in [4.69, 9.17) is 5.11 Å². The molecule has 7 heteroatoms. The molecule has 0 atom stereocenters. The largest absolute Gasteiger partial charge is 0.478 e. The molecule has 0 aliphatic carbocycles. The highest BCUT2D eigenvalue weighted by atomic mass is 16.4. The van der Waals surface area contributed by atoms with Crippen molar-refractivity contribution in [3.8, 4) is 0 Å². The predicted molar refractivity (Wildman–Crippen MR) is 92.5 cm³/mol. The maximum Gasteiger partial charge on any atom is 0.335 e. The first kappa shape index (κ1) is 17.3. The summed E-state index contributed by atoms with van der Waals surface area (Å²) < 4.78 is 0. The second-order valence-corrected chi connectivity index (χ2v) is 6.61. The van der Waals surface area contributed by atoms with Crippen LogP contribution in [0.4, 0.5) is 10.5 Å². The molecular formula is C18H23N3O4. The number of carboxylic acids is 1. The summed E-state index contributed by atoms with van der Waals surface area (Å²) in [4.78, 5) is 39.5. The molecule has 2 saturated heterocycles. The zero-order valence-electron chi connectivity index (χ0n) is 14.1. The summed E-state index contributed by atoms with van der Waals surface area (Å²) in [7, 11) is 0. The molecule has 1 aromatic rings. The van der Waals surface area contributed by atoms with Crippen molar-refractivity contribution >= 4 is 23.6 Å². The second-order valence-electron chi connectivity index (χ2n) is 6.61. The summed E-state index contributed by atoms with van der Waals surface area (Å²) in [5.41, 5.74) is 0.629. The smallest absolute Gasteiger partial charge is 0.335 e. The fourth-order valence-electron chi connectivity index (χ4n) is 3.42. The van der Waals surface area contributed by atoms with Crippen LogP contribution in [0.3, 0.4) is 0 Å². The number of carboxylic acid groups (broad SMARTS) is 1. The van der Waals surface area contributed by atoms with Gasteiger partial charge in [-0.2, -0.15) is 0 Å². The number of rotatable bonds is 3. The zero-order chi connectivity index (χ0) is 17.8. The fourth-order valence-corrected chi connectivity index (χ4v) is 3.42. The van der Waals surface area contributed by atoms with Gasteiger partial charge in [-0.05, 0) is 43.9 Å². The molecule has 1 aromatic carbocycles. The second kappa shape index (κ2) is 7.55. The van der Waals surface area contributed by atoms with Crippen molar-refractivity contribution in [2.24, 2.45) is 5.92 Å². The summed E-state index contributed by atoms with van der Waals surface area (Å²) in [5, 5.41) is 11.8. The molecule has 134 valence electrons. The van der Waals surface area contributed by atoms with E-state index >= 15 is 0 Å². The van der Waals surface area contributed by atoms with Crippen molar-refractivity contribution in [2.45, 2.75) is 25.7 Å². The number of nitrogens with one attached hydrogen (secondary N) is 1. The van der Waals surface area contributed by atoms with E-state index in [0.29, 0.717) is 31.6 Å². The minimum Gasteiger partial charge on any atom is -0.478 e. The number of aromatic carboxylic acids is 1. The molecule has 2 heterocycles. The number of nitrogens with zero attached hydrogens (tertiary/aromatic N) is 2. The Morgan fingerprint density at radius 3 is 2.28 bits per heavy atom. The third kappa shape index (κ3) is 4.10. The van der Waals surface area contributed by atoms with E-state index in [0.717, 1.165) is 25.9 Å². The van der Waals surface area contributed by atoms with Crippen molar-refractivity contribution in [1.82, 2.24) is 9.80 Å². The highest BCUT2D eigenvalue weighted by Crippen LogP contribution is 2.22. The predicted octanol–water partition coefficient (Wildman–Crippen LogP) is 2.25. The third-order valence-corrected chi connectivity index (χ3v) is 4.89. The van der Waals surface area contributed by atoms with Gasteiger partial charge >= 0.3 is 12.0 Å². The standard InChI is InChI=1S/C18H23N3O4/c22-16(19-15-5-3-4-14(12-15)17(23)24)13-6-10-21(11-7-13)18(25)20-8-1-2-9-20/h3-5,12-13H,1-2,6-11H2,(H,19,22)(H,23,24). The highest BCUT2D eigenvalue weighted by molar-refractivity contribution is 5.95. The monoisotopic (exact) mass is 345 g/mol. The minimum absolute atomic E-state index is 0.0884. The number of likely N-dealkylation sites (tertiary alicyclic amines) is 2. The van der Waals surface area contributed by atoms with E-state index in [2.05, 4.69) is 5.32 Å². The van der Waals surface area contributed by atoms with E-state index in [9.17, 15) is 14.4 Å². The maximum atomic E-state index is 12.4. The molecule has 2 fully saturated rings. The lowest BCUT2D eigenvalue weighted by Gasteiger charge is -2.34. The van der Waals surface area contributed by atoms with Crippen molar-refractivity contribution in [1.29, 1.82) is 0 Å². The fraction of sp³-hybridized carbons (Fsp3) is 0.500. The average Bonchev–Trinajstić information content (AvgIpc) is 3.16. The van der Waals surface area contributed by atoms with E-state index in [-0.39, 0.29) is 23.4 Å². The SMILES string of the molecule is O=C(O)c1cccc(NC(=O)C2CCN(C(=O)N3CCCC3)CC2)c1. The Labute approximate surface area is 146 Å². The normalized spacial score (nSPS) is 18.2. The van der Waals surface area contributed by atoms with Crippen LogP contribution in [0.2, 0.25) is 0 Å². The van der Waals surface area contributed by atoms with Gasteiger partial charge in [0.15, 0.2) is 0 Å². The van der Waals surface area contributed by atoms with Gasteiger partial charge in [0, 0.05) is 37.8 Å². The van der Waals surface area contributed by atoms with Crippen LogP contribution >= 0.6 is 0 Å². The molecule has 7 nitrogen and oxygen atoms in total. The number of urea groups is 1. The number of benzene rings is 1. The zero-order valence-corrected chi connectivity index (χ0v) is 14.1. The molecular weight excluding hydrogens is 322 g/mol. The van der Waals surface area contributed by atoms with Crippen molar-refractivity contribution in [3.05, 3.63) is 29.8 Å². The molecule has 0 bridgehead atoms. The quantitative estimate of drug-likeness (QED) is 0.879. The van der Waals surface area contributed by atoms with Gasteiger partial charge in [0.25, 0.3) is 0 Å². The van der Waals surface area contributed by atoms with Crippen LogP contribution in [0.25, 0.3) is 0 Å². The number of carbonyl (C=O) groups is 3. The Morgan fingerprint density at radius 1 is 1.00 bits per heavy atom. The average molecular weight is 345 g/mol. The Hall–Kier alpha value is -2.57. The Bertz CT molecular complexity index is 662. The summed E-state index contributed by atoms with van der Waals surface area (Å²) in [6.07, 6.45) is 3.40. The van der Waals surface area contributed by atoms with Crippen LogP contribution in [-0.2, 0) is 4.79 Å². The van der Waals surface area contributed by atoms with Crippen LogP contribution in [0.15, 0.2) is 24.3 Å². The van der Waals surface area contributed by atoms with E-state index in [1.54, 1.807) is 12.1 Å². The first-order valence-corrected chi connectivity index (χ1v) is 8.72. The van der Waals surface area contributed by atoms with Gasteiger partial charge in [-0.3, -0.25) is 4.79 Å². The third-order valence-electron chi connectivity index (χ3n) is 4.89. The Kier molecular flexibility index (Phi) is 5.21. The van der Waals surface area contributed by atoms with Crippen LogP contribution < -0.4 is 5.32 Å². The summed E-state index contributed by atoms with van der Waals surface area (Å²) in [6.45, 7) is 2.84. The molecule has 25 heavy (non-hydrogen) atoms. The van der Waals surface area contributed by atoms with Crippen molar-refractivity contribution in [3.63, 3.8) is 0 Å². The van der Waals surface area contributed by atoms with Gasteiger partial charge in [-0.1, -0.05) is 6.07 Å². The number of carbonyl (C=O) groups excluding carboxylic acids is 2. The number of piperidine rings is 1. The molecule has 0 saturated carbocycles. The van der Waals surface area contributed by atoms with Gasteiger partial charge in [0.2, 0.25) is 5.91 Å². The lowest BCUT2D eigenvalue weighted by Crippen LogP contribution is -2.47. The first-order chi connectivity index (χ1) is 12.0. The highest BCUT2D eigenvalue weighted by Gasteiger charge is 2.30. The van der Waals surface area contributed by atoms with E-state index in [1.807, 2.05) is 9.80 Å². The molecule has 2 aliphatic rings. The molecule has 2 aliphatic heterocycles. The molecule has 0 aromatic heterocycles. The van der Waals surface area contributed by atoms with Gasteiger partial charge in [-0.25, -0.2) is 9.59 Å². The van der Waals surface area contributed by atoms with Gasteiger partial charge in [0.1, 0.15) is 0 Å². The van der Waals surface area contributed by atoms with Gasteiger partial charge in [0.05, 0.1) is 5.56 Å².